The number of hydrogen-bond donors (Lipinski definition) is 1. The molecule has 100 valence electrons. The van der Waals surface area contributed by atoms with E-state index in [2.05, 4.69) is 15.5 Å². The van der Waals surface area contributed by atoms with Crippen molar-refractivity contribution in [1.29, 1.82) is 0 Å². The molecule has 0 saturated carbocycles. The summed E-state index contributed by atoms with van der Waals surface area (Å²) in [6.45, 7) is 0. The zero-order chi connectivity index (χ0) is 13.9. The Labute approximate surface area is 119 Å². The van der Waals surface area contributed by atoms with Gasteiger partial charge in [0.25, 0.3) is 0 Å². The predicted octanol–water partition coefficient (Wildman–Crippen LogP) is 2.99. The molecule has 1 amide bonds. The van der Waals surface area contributed by atoms with Gasteiger partial charge in [-0.25, -0.2) is 4.79 Å². The minimum atomic E-state index is -0.598. The van der Waals surface area contributed by atoms with Gasteiger partial charge in [0.05, 0.1) is 10.7 Å². The van der Waals surface area contributed by atoms with Crippen LogP contribution in [0.1, 0.15) is 0 Å². The first-order valence-corrected chi connectivity index (χ1v) is 6.13. The van der Waals surface area contributed by atoms with Gasteiger partial charge in [0.1, 0.15) is 12.1 Å². The van der Waals surface area contributed by atoms with Gasteiger partial charge in [0.2, 0.25) is 0 Å². The van der Waals surface area contributed by atoms with E-state index < -0.39 is 6.09 Å². The minimum Gasteiger partial charge on any atom is -0.410 e. The summed E-state index contributed by atoms with van der Waals surface area (Å²) in [5.41, 5.74) is 1.01. The van der Waals surface area contributed by atoms with E-state index in [0.717, 1.165) is 0 Å². The maximum Gasteiger partial charge on any atom is 0.417 e. The molecule has 2 aromatic heterocycles. The third kappa shape index (κ3) is 2.55. The van der Waals surface area contributed by atoms with E-state index in [0.29, 0.717) is 22.1 Å². The van der Waals surface area contributed by atoms with E-state index >= 15 is 0 Å². The molecular formula is C13H9ClN4O2. The standard InChI is InChI=1S/C13H9ClN4O2/c14-11-6-9(7-18-8-15-17-12(11)18)16-13(19)20-10-4-2-1-3-5-10/h1-8H,(H,16,19). The fraction of sp³-hybridized carbons (Fsp3) is 0. The molecule has 0 saturated heterocycles. The van der Waals surface area contributed by atoms with Crippen LogP contribution in [0.25, 0.3) is 5.65 Å². The van der Waals surface area contributed by atoms with Crippen molar-refractivity contribution in [3.63, 3.8) is 0 Å². The molecule has 0 aliphatic carbocycles. The quantitative estimate of drug-likeness (QED) is 0.787. The van der Waals surface area contributed by atoms with E-state index in [9.17, 15) is 4.79 Å². The second-order valence-electron chi connectivity index (χ2n) is 3.97. The summed E-state index contributed by atoms with van der Waals surface area (Å²) >= 11 is 6.03. The Balaban J connectivity index is 1.77. The van der Waals surface area contributed by atoms with Crippen LogP contribution in [0.2, 0.25) is 5.02 Å². The van der Waals surface area contributed by atoms with Crippen LogP contribution >= 0.6 is 11.6 Å². The number of halogens is 1. The normalized spacial score (nSPS) is 10.4. The zero-order valence-corrected chi connectivity index (χ0v) is 10.9. The number of ether oxygens (including phenoxy) is 1. The maximum atomic E-state index is 11.8. The number of carbonyl (C=O) groups is 1. The first kappa shape index (κ1) is 12.4. The van der Waals surface area contributed by atoms with E-state index in [1.54, 1.807) is 40.9 Å². The van der Waals surface area contributed by atoms with Crippen molar-refractivity contribution in [3.8, 4) is 5.75 Å². The fourth-order valence-corrected chi connectivity index (χ4v) is 1.96. The van der Waals surface area contributed by atoms with Crippen LogP contribution < -0.4 is 10.1 Å². The summed E-state index contributed by atoms with van der Waals surface area (Å²) < 4.78 is 6.73. The van der Waals surface area contributed by atoms with Gasteiger partial charge in [-0.3, -0.25) is 9.72 Å². The number of aromatic nitrogens is 3. The highest BCUT2D eigenvalue weighted by Crippen LogP contribution is 2.20. The van der Waals surface area contributed by atoms with Gasteiger partial charge in [0, 0.05) is 6.20 Å². The number of rotatable bonds is 2. The van der Waals surface area contributed by atoms with Crippen molar-refractivity contribution < 1.29 is 9.53 Å². The molecule has 1 N–H and O–H groups in total. The SMILES string of the molecule is O=C(Nc1cc(Cl)c2nncn2c1)Oc1ccccc1. The number of nitrogens with one attached hydrogen (secondary N) is 1. The van der Waals surface area contributed by atoms with Gasteiger partial charge >= 0.3 is 6.09 Å². The number of amides is 1. The van der Waals surface area contributed by atoms with E-state index in [1.807, 2.05) is 6.07 Å². The van der Waals surface area contributed by atoms with Gasteiger partial charge in [-0.2, -0.15) is 0 Å². The van der Waals surface area contributed by atoms with E-state index in [-0.39, 0.29) is 0 Å². The van der Waals surface area contributed by atoms with Gasteiger partial charge in [-0.1, -0.05) is 29.8 Å². The number of anilines is 1. The largest absolute Gasteiger partial charge is 0.417 e. The smallest absolute Gasteiger partial charge is 0.410 e. The highest BCUT2D eigenvalue weighted by molar-refractivity contribution is 6.33. The first-order valence-electron chi connectivity index (χ1n) is 5.75. The molecule has 1 aromatic carbocycles. The Morgan fingerprint density at radius 2 is 2.10 bits per heavy atom. The van der Waals surface area contributed by atoms with Crippen LogP contribution in [0.5, 0.6) is 5.75 Å². The Bertz CT molecular complexity index is 757. The Morgan fingerprint density at radius 1 is 1.30 bits per heavy atom. The summed E-state index contributed by atoms with van der Waals surface area (Å²) in [5.74, 6) is 0.460. The average molecular weight is 289 g/mol. The monoisotopic (exact) mass is 288 g/mol. The Hall–Kier alpha value is -2.60. The lowest BCUT2D eigenvalue weighted by atomic mass is 10.3. The molecule has 0 spiro atoms. The van der Waals surface area contributed by atoms with Crippen LogP contribution in [0.3, 0.4) is 0 Å². The van der Waals surface area contributed by atoms with Gasteiger partial charge in [-0.05, 0) is 18.2 Å². The van der Waals surface area contributed by atoms with Crippen molar-refractivity contribution in [2.24, 2.45) is 0 Å². The third-order valence-corrected chi connectivity index (χ3v) is 2.83. The average Bonchev–Trinajstić information content (AvgIpc) is 2.88. The first-order chi connectivity index (χ1) is 9.72. The van der Waals surface area contributed by atoms with Crippen LogP contribution in [-0.2, 0) is 0 Å². The summed E-state index contributed by atoms with van der Waals surface area (Å²) in [6.07, 6.45) is 2.54. The summed E-state index contributed by atoms with van der Waals surface area (Å²) in [5, 5.41) is 10.6. The van der Waals surface area contributed by atoms with Crippen LogP contribution in [0.4, 0.5) is 10.5 Å². The highest BCUT2D eigenvalue weighted by atomic mass is 35.5. The molecule has 0 aliphatic rings. The third-order valence-electron chi connectivity index (χ3n) is 2.55. The number of benzene rings is 1. The molecule has 0 atom stereocenters. The molecule has 3 aromatic rings. The Morgan fingerprint density at radius 3 is 2.90 bits per heavy atom. The van der Waals surface area contributed by atoms with Crippen LogP contribution in [0.15, 0.2) is 48.9 Å². The molecule has 0 aliphatic heterocycles. The molecule has 3 rings (SSSR count). The fourth-order valence-electron chi connectivity index (χ4n) is 1.70. The van der Waals surface area contributed by atoms with Crippen molar-refractivity contribution in [1.82, 2.24) is 14.6 Å². The van der Waals surface area contributed by atoms with Crippen LogP contribution in [-0.4, -0.2) is 20.7 Å². The summed E-state index contributed by atoms with van der Waals surface area (Å²) in [6, 6.07) is 10.4. The molecule has 7 heteroatoms. The maximum absolute atomic E-state index is 11.8. The van der Waals surface area contributed by atoms with Crippen molar-refractivity contribution in [2.75, 3.05) is 5.32 Å². The summed E-state index contributed by atoms with van der Waals surface area (Å²) in [7, 11) is 0. The lowest BCUT2D eigenvalue weighted by Gasteiger charge is -2.07. The molecule has 0 unspecified atom stereocenters. The van der Waals surface area contributed by atoms with Crippen molar-refractivity contribution in [3.05, 3.63) is 53.9 Å². The van der Waals surface area contributed by atoms with Crippen molar-refractivity contribution in [2.45, 2.75) is 0 Å². The molecule has 0 radical (unpaired) electrons. The van der Waals surface area contributed by atoms with Crippen molar-refractivity contribution >= 4 is 29.0 Å². The van der Waals surface area contributed by atoms with Gasteiger partial charge in [-0.15, -0.1) is 10.2 Å². The number of hydrogen-bond acceptors (Lipinski definition) is 4. The molecule has 0 fully saturated rings. The van der Waals surface area contributed by atoms with E-state index in [4.69, 9.17) is 16.3 Å². The number of para-hydroxylation sites is 1. The number of pyridine rings is 1. The summed E-state index contributed by atoms with van der Waals surface area (Å²) in [4.78, 5) is 11.8. The minimum absolute atomic E-state index is 0.389. The number of nitrogens with zero attached hydrogens (tertiary/aromatic N) is 3. The van der Waals surface area contributed by atoms with Gasteiger partial charge in [0.15, 0.2) is 5.65 Å². The number of fused-ring (bicyclic) bond motifs is 1. The lowest BCUT2D eigenvalue weighted by molar-refractivity contribution is 0.215. The predicted molar refractivity (Wildman–Crippen MR) is 74.1 cm³/mol. The molecule has 0 bridgehead atoms. The molecular weight excluding hydrogens is 280 g/mol. The van der Waals surface area contributed by atoms with E-state index in [1.165, 1.54) is 6.33 Å². The Kier molecular flexibility index (Phi) is 3.22. The molecule has 2 heterocycles. The topological polar surface area (TPSA) is 68.5 Å². The zero-order valence-electron chi connectivity index (χ0n) is 10.2. The lowest BCUT2D eigenvalue weighted by Crippen LogP contribution is -2.17. The highest BCUT2D eigenvalue weighted by Gasteiger charge is 2.08. The number of carbonyl (C=O) groups excluding carboxylic acids is 1. The molecule has 20 heavy (non-hydrogen) atoms. The second kappa shape index (κ2) is 5.18. The van der Waals surface area contributed by atoms with Crippen LogP contribution in [0, 0.1) is 0 Å². The second-order valence-corrected chi connectivity index (χ2v) is 4.37. The van der Waals surface area contributed by atoms with Gasteiger partial charge < -0.3 is 4.74 Å². The molecule has 6 nitrogen and oxygen atoms in total.